The zero-order valence-corrected chi connectivity index (χ0v) is 11.7. The van der Waals surface area contributed by atoms with Gasteiger partial charge in [0.1, 0.15) is 0 Å². The molecule has 0 unspecified atom stereocenters. The largest absolute Gasteiger partial charge is 0.323 e. The molecule has 0 spiro atoms. The van der Waals surface area contributed by atoms with Crippen LogP contribution in [0.3, 0.4) is 0 Å². The monoisotopic (exact) mass is 282 g/mol. The van der Waals surface area contributed by atoms with E-state index in [-0.39, 0.29) is 11.8 Å². The maximum atomic E-state index is 12.1. The smallest absolute Gasteiger partial charge is 0.228 e. The third-order valence-electron chi connectivity index (χ3n) is 3.62. The second kappa shape index (κ2) is 6.45. The van der Waals surface area contributed by atoms with Gasteiger partial charge in [0.25, 0.3) is 0 Å². The Labute approximate surface area is 123 Å². The van der Waals surface area contributed by atoms with Gasteiger partial charge < -0.3 is 10.6 Å². The van der Waals surface area contributed by atoms with Crippen LogP contribution in [0.2, 0.25) is 0 Å². The Morgan fingerprint density at radius 1 is 1.19 bits per heavy atom. The van der Waals surface area contributed by atoms with E-state index in [1.807, 2.05) is 30.3 Å². The molecule has 1 aliphatic heterocycles. The third-order valence-corrected chi connectivity index (χ3v) is 3.62. The Morgan fingerprint density at radius 3 is 2.62 bits per heavy atom. The topological polar surface area (TPSA) is 66.9 Å². The summed E-state index contributed by atoms with van der Waals surface area (Å²) in [4.78, 5) is 20.7. The van der Waals surface area contributed by atoms with E-state index >= 15 is 0 Å². The molecule has 1 aromatic heterocycles. The number of hydrogen-bond acceptors (Lipinski definition) is 4. The van der Waals surface area contributed by atoms with Gasteiger partial charge in [0, 0.05) is 12.1 Å². The van der Waals surface area contributed by atoms with Gasteiger partial charge in [-0.05, 0) is 19.4 Å². The number of rotatable bonds is 3. The van der Waals surface area contributed by atoms with E-state index in [1.165, 1.54) is 0 Å². The van der Waals surface area contributed by atoms with E-state index in [9.17, 15) is 4.79 Å². The summed E-state index contributed by atoms with van der Waals surface area (Å²) in [7, 11) is 0. The maximum Gasteiger partial charge on any atom is 0.228 e. The van der Waals surface area contributed by atoms with Gasteiger partial charge in [-0.25, -0.2) is 9.97 Å². The molecule has 108 valence electrons. The Kier molecular flexibility index (Phi) is 4.21. The fourth-order valence-corrected chi connectivity index (χ4v) is 2.45. The average molecular weight is 282 g/mol. The number of carbonyl (C=O) groups is 1. The fraction of sp³-hybridized carbons (Fsp3) is 0.312. The van der Waals surface area contributed by atoms with Crippen LogP contribution in [0, 0.1) is 5.92 Å². The van der Waals surface area contributed by atoms with E-state index in [0.717, 1.165) is 31.5 Å². The number of nitrogens with one attached hydrogen (secondary N) is 2. The van der Waals surface area contributed by atoms with Gasteiger partial charge in [0.05, 0.1) is 24.0 Å². The van der Waals surface area contributed by atoms with E-state index in [4.69, 9.17) is 0 Å². The molecule has 1 amide bonds. The first-order valence-electron chi connectivity index (χ1n) is 7.22. The molecule has 1 saturated heterocycles. The molecule has 21 heavy (non-hydrogen) atoms. The normalized spacial score (nSPS) is 18.2. The molecule has 5 nitrogen and oxygen atoms in total. The Bertz CT molecular complexity index is 591. The van der Waals surface area contributed by atoms with Crippen molar-refractivity contribution in [3.05, 3.63) is 42.7 Å². The van der Waals surface area contributed by atoms with Crippen molar-refractivity contribution in [2.75, 3.05) is 18.4 Å². The predicted octanol–water partition coefficient (Wildman–Crippen LogP) is 2.08. The zero-order chi connectivity index (χ0) is 14.5. The SMILES string of the molecule is O=C(Nc1cnc(-c2ccccc2)nc1)[C@@H]1CCCNC1. The van der Waals surface area contributed by atoms with Gasteiger partial charge in [0.15, 0.2) is 5.82 Å². The van der Waals surface area contributed by atoms with Gasteiger partial charge in [-0.1, -0.05) is 30.3 Å². The predicted molar refractivity (Wildman–Crippen MR) is 81.7 cm³/mol. The highest BCUT2D eigenvalue weighted by Gasteiger charge is 2.20. The van der Waals surface area contributed by atoms with Crippen molar-refractivity contribution in [1.29, 1.82) is 0 Å². The van der Waals surface area contributed by atoms with Gasteiger partial charge in [-0.3, -0.25) is 4.79 Å². The summed E-state index contributed by atoms with van der Waals surface area (Å²) in [5.41, 5.74) is 1.61. The summed E-state index contributed by atoms with van der Waals surface area (Å²) in [5.74, 6) is 0.735. The molecule has 1 aliphatic rings. The lowest BCUT2D eigenvalue weighted by Crippen LogP contribution is -2.37. The first kappa shape index (κ1) is 13.7. The van der Waals surface area contributed by atoms with Crippen molar-refractivity contribution in [1.82, 2.24) is 15.3 Å². The lowest BCUT2D eigenvalue weighted by molar-refractivity contribution is -0.120. The molecule has 1 aromatic carbocycles. The van der Waals surface area contributed by atoms with Gasteiger partial charge in [0.2, 0.25) is 5.91 Å². The summed E-state index contributed by atoms with van der Waals surface area (Å²) in [6.07, 6.45) is 5.29. The standard InChI is InChI=1S/C16H18N4O/c21-16(13-7-4-8-17-9-13)20-14-10-18-15(19-11-14)12-5-2-1-3-6-12/h1-3,5-6,10-11,13,17H,4,7-9H2,(H,20,21)/t13-/m1/s1. The van der Waals surface area contributed by atoms with Crippen molar-refractivity contribution in [3.8, 4) is 11.4 Å². The van der Waals surface area contributed by atoms with Gasteiger partial charge in [-0.2, -0.15) is 0 Å². The molecular formula is C16H18N4O. The van der Waals surface area contributed by atoms with Crippen molar-refractivity contribution in [2.45, 2.75) is 12.8 Å². The van der Waals surface area contributed by atoms with Crippen molar-refractivity contribution in [2.24, 2.45) is 5.92 Å². The van der Waals surface area contributed by atoms with Gasteiger partial charge in [-0.15, -0.1) is 0 Å². The molecule has 1 atom stereocenters. The fourth-order valence-electron chi connectivity index (χ4n) is 2.45. The highest BCUT2D eigenvalue weighted by atomic mass is 16.1. The molecular weight excluding hydrogens is 264 g/mol. The quantitative estimate of drug-likeness (QED) is 0.904. The second-order valence-electron chi connectivity index (χ2n) is 5.19. The summed E-state index contributed by atoms with van der Waals surface area (Å²) in [6.45, 7) is 1.74. The number of carbonyl (C=O) groups excluding carboxylic acids is 1. The Hall–Kier alpha value is -2.27. The first-order chi connectivity index (χ1) is 10.3. The minimum atomic E-state index is 0.0348. The molecule has 3 rings (SSSR count). The molecule has 0 saturated carbocycles. The summed E-state index contributed by atoms with van der Waals surface area (Å²) >= 11 is 0. The lowest BCUT2D eigenvalue weighted by Gasteiger charge is -2.21. The summed E-state index contributed by atoms with van der Waals surface area (Å²) < 4.78 is 0. The second-order valence-corrected chi connectivity index (χ2v) is 5.19. The number of amides is 1. The zero-order valence-electron chi connectivity index (χ0n) is 11.7. The number of aromatic nitrogens is 2. The Morgan fingerprint density at radius 2 is 1.95 bits per heavy atom. The number of nitrogens with zero attached hydrogens (tertiary/aromatic N) is 2. The number of anilines is 1. The van der Waals surface area contributed by atoms with Crippen LogP contribution in [0.4, 0.5) is 5.69 Å². The van der Waals surface area contributed by atoms with Crippen molar-refractivity contribution >= 4 is 11.6 Å². The molecule has 2 aromatic rings. The van der Waals surface area contributed by atoms with Crippen LogP contribution < -0.4 is 10.6 Å². The van der Waals surface area contributed by atoms with Gasteiger partial charge >= 0.3 is 0 Å². The molecule has 0 bridgehead atoms. The summed E-state index contributed by atoms with van der Waals surface area (Å²) in [5, 5.41) is 6.13. The van der Waals surface area contributed by atoms with E-state index in [2.05, 4.69) is 20.6 Å². The number of benzene rings is 1. The van der Waals surface area contributed by atoms with Crippen LogP contribution in [0.1, 0.15) is 12.8 Å². The molecule has 0 radical (unpaired) electrons. The van der Waals surface area contributed by atoms with Crippen LogP contribution in [-0.2, 0) is 4.79 Å². The van der Waals surface area contributed by atoms with Crippen LogP contribution in [0.15, 0.2) is 42.7 Å². The number of hydrogen-bond donors (Lipinski definition) is 2. The Balaban J connectivity index is 1.65. The highest BCUT2D eigenvalue weighted by Crippen LogP contribution is 2.16. The van der Waals surface area contributed by atoms with Crippen LogP contribution in [-0.4, -0.2) is 29.0 Å². The molecule has 1 fully saturated rings. The molecule has 2 N–H and O–H groups in total. The average Bonchev–Trinajstić information content (AvgIpc) is 2.57. The summed E-state index contributed by atoms with van der Waals surface area (Å²) in [6, 6.07) is 9.77. The first-order valence-corrected chi connectivity index (χ1v) is 7.22. The number of piperidine rings is 1. The van der Waals surface area contributed by atoms with Crippen LogP contribution in [0.25, 0.3) is 11.4 Å². The third kappa shape index (κ3) is 3.44. The van der Waals surface area contributed by atoms with E-state index in [0.29, 0.717) is 11.5 Å². The van der Waals surface area contributed by atoms with Crippen molar-refractivity contribution in [3.63, 3.8) is 0 Å². The molecule has 5 heteroatoms. The highest BCUT2D eigenvalue weighted by molar-refractivity contribution is 5.92. The van der Waals surface area contributed by atoms with Crippen LogP contribution in [0.5, 0.6) is 0 Å². The van der Waals surface area contributed by atoms with Crippen LogP contribution >= 0.6 is 0 Å². The molecule has 0 aliphatic carbocycles. The van der Waals surface area contributed by atoms with E-state index < -0.39 is 0 Å². The minimum Gasteiger partial charge on any atom is -0.323 e. The lowest BCUT2D eigenvalue weighted by atomic mass is 9.99. The maximum absolute atomic E-state index is 12.1. The van der Waals surface area contributed by atoms with E-state index in [1.54, 1.807) is 12.4 Å². The minimum absolute atomic E-state index is 0.0348. The van der Waals surface area contributed by atoms with Crippen molar-refractivity contribution < 1.29 is 4.79 Å². The molecule has 2 heterocycles.